The monoisotopic (exact) mass is 407 g/mol. The van der Waals surface area contributed by atoms with Crippen molar-refractivity contribution in [2.24, 2.45) is 0 Å². The maximum Gasteiger partial charge on any atom is 0.220 e. The van der Waals surface area contributed by atoms with Gasteiger partial charge in [0.1, 0.15) is 0 Å². The van der Waals surface area contributed by atoms with Gasteiger partial charge in [0.15, 0.2) is 5.65 Å². The van der Waals surface area contributed by atoms with E-state index in [-0.39, 0.29) is 23.0 Å². The van der Waals surface area contributed by atoms with E-state index in [4.69, 9.17) is 10.1 Å². The Kier molecular flexibility index (Phi) is 5.09. The van der Waals surface area contributed by atoms with Gasteiger partial charge in [0.2, 0.25) is 5.91 Å². The van der Waals surface area contributed by atoms with E-state index in [0.29, 0.717) is 12.8 Å². The van der Waals surface area contributed by atoms with Gasteiger partial charge in [-0.15, -0.1) is 0 Å². The number of nitrogens with zero attached hydrogens (tertiary/aromatic N) is 3. The van der Waals surface area contributed by atoms with Gasteiger partial charge in [-0.3, -0.25) is 4.79 Å². The first-order chi connectivity index (χ1) is 14.0. The van der Waals surface area contributed by atoms with E-state index in [1.807, 2.05) is 29.6 Å². The molecule has 30 heavy (non-hydrogen) atoms. The van der Waals surface area contributed by atoms with Crippen LogP contribution in [0, 0.1) is 13.8 Å². The predicted molar refractivity (Wildman–Crippen MR) is 121 cm³/mol. The van der Waals surface area contributed by atoms with Crippen LogP contribution in [0.25, 0.3) is 16.6 Å². The Balaban J connectivity index is 1.49. The second-order valence-electron chi connectivity index (χ2n) is 10.1. The number of fused-ring (bicyclic) bond motifs is 3. The number of amides is 1. The topological polar surface area (TPSA) is 71.3 Å². The number of carbonyl (C=O) groups is 1. The predicted octanol–water partition coefficient (Wildman–Crippen LogP) is 3.86. The Morgan fingerprint density at radius 3 is 2.53 bits per heavy atom. The van der Waals surface area contributed by atoms with Crippen LogP contribution in [0.1, 0.15) is 63.9 Å². The molecule has 4 rings (SSSR count). The van der Waals surface area contributed by atoms with E-state index in [1.165, 1.54) is 0 Å². The molecule has 3 aromatic rings. The van der Waals surface area contributed by atoms with Crippen LogP contribution < -0.4 is 10.6 Å². The summed E-state index contributed by atoms with van der Waals surface area (Å²) in [5.74, 6) is 0.109. The van der Waals surface area contributed by atoms with Gasteiger partial charge in [0.05, 0.1) is 5.52 Å². The fraction of sp³-hybridized carbons (Fsp3) is 0.542. The molecule has 2 N–H and O–H groups in total. The lowest BCUT2D eigenvalue weighted by molar-refractivity contribution is -0.122. The third-order valence-corrected chi connectivity index (χ3v) is 6.18. The number of hydrogen-bond donors (Lipinski definition) is 2. The highest BCUT2D eigenvalue weighted by molar-refractivity contribution is 5.92. The zero-order chi connectivity index (χ0) is 21.7. The van der Waals surface area contributed by atoms with Crippen LogP contribution in [-0.2, 0) is 11.2 Å². The van der Waals surface area contributed by atoms with Gasteiger partial charge in [-0.1, -0.05) is 12.1 Å². The second-order valence-corrected chi connectivity index (χ2v) is 10.1. The van der Waals surface area contributed by atoms with Crippen molar-refractivity contribution in [1.29, 1.82) is 0 Å². The van der Waals surface area contributed by atoms with E-state index in [0.717, 1.165) is 46.3 Å². The molecule has 160 valence electrons. The molecule has 1 amide bonds. The molecular weight excluding hydrogens is 374 g/mol. The number of aromatic nitrogens is 3. The number of piperidine rings is 1. The van der Waals surface area contributed by atoms with Crippen LogP contribution in [-0.4, -0.2) is 37.6 Å². The normalized spacial score (nSPS) is 18.7. The van der Waals surface area contributed by atoms with Crippen molar-refractivity contribution in [1.82, 2.24) is 25.2 Å². The zero-order valence-corrected chi connectivity index (χ0v) is 19.0. The van der Waals surface area contributed by atoms with Crippen molar-refractivity contribution in [3.8, 4) is 0 Å². The summed E-state index contributed by atoms with van der Waals surface area (Å²) in [6.07, 6.45) is 3.00. The molecule has 1 aromatic carbocycles. The van der Waals surface area contributed by atoms with Crippen molar-refractivity contribution in [3.05, 3.63) is 41.2 Å². The number of benzene rings is 1. The average molecular weight is 408 g/mol. The molecule has 1 saturated heterocycles. The van der Waals surface area contributed by atoms with Crippen LogP contribution in [0.2, 0.25) is 0 Å². The SMILES string of the molecule is Cc1nc2c3ccccc3nn2c(C)c1CCC(=O)NC1CC(C)(C)NC(C)(C)C1. The minimum atomic E-state index is 0.0178. The van der Waals surface area contributed by atoms with E-state index in [2.05, 4.69) is 51.3 Å². The lowest BCUT2D eigenvalue weighted by atomic mass is 9.79. The van der Waals surface area contributed by atoms with Crippen LogP contribution in [0.15, 0.2) is 24.3 Å². The van der Waals surface area contributed by atoms with Crippen molar-refractivity contribution in [2.75, 3.05) is 0 Å². The van der Waals surface area contributed by atoms with Crippen molar-refractivity contribution in [3.63, 3.8) is 0 Å². The first kappa shape index (κ1) is 20.8. The molecule has 0 unspecified atom stereocenters. The Bertz CT molecular complexity index is 1100. The van der Waals surface area contributed by atoms with Crippen molar-refractivity contribution >= 4 is 22.5 Å². The minimum Gasteiger partial charge on any atom is -0.353 e. The summed E-state index contributed by atoms with van der Waals surface area (Å²) in [5.41, 5.74) is 5.00. The van der Waals surface area contributed by atoms with Crippen LogP contribution in [0.5, 0.6) is 0 Å². The second kappa shape index (κ2) is 7.34. The Morgan fingerprint density at radius 1 is 1.17 bits per heavy atom. The standard InChI is InChI=1S/C24H33N5O/c1-15-18(16(2)29-22(25-15)19-9-7-8-10-20(19)27-29)11-12-21(30)26-17-13-23(3,4)28-24(5,6)14-17/h7-10,17,28H,11-14H2,1-6H3,(H,26,30). The van der Waals surface area contributed by atoms with Crippen LogP contribution >= 0.6 is 0 Å². The summed E-state index contributed by atoms with van der Waals surface area (Å²) in [5, 5.41) is 12.7. The summed E-state index contributed by atoms with van der Waals surface area (Å²) in [4.78, 5) is 17.6. The number of carbonyl (C=O) groups excluding carboxylic acids is 1. The Labute approximate surface area is 178 Å². The molecule has 3 heterocycles. The molecule has 2 aromatic heterocycles. The summed E-state index contributed by atoms with van der Waals surface area (Å²) < 4.78 is 1.92. The zero-order valence-electron chi connectivity index (χ0n) is 19.0. The molecule has 0 saturated carbocycles. The summed E-state index contributed by atoms with van der Waals surface area (Å²) in [7, 11) is 0. The highest BCUT2D eigenvalue weighted by Crippen LogP contribution is 2.29. The van der Waals surface area contributed by atoms with Gasteiger partial charge in [0.25, 0.3) is 0 Å². The van der Waals surface area contributed by atoms with Gasteiger partial charge < -0.3 is 10.6 Å². The largest absolute Gasteiger partial charge is 0.353 e. The molecule has 6 nitrogen and oxygen atoms in total. The molecule has 0 aliphatic carbocycles. The number of hydrogen-bond acceptors (Lipinski definition) is 4. The average Bonchev–Trinajstić information content (AvgIpc) is 2.97. The molecule has 1 aliphatic rings. The maximum absolute atomic E-state index is 12.8. The first-order valence-electron chi connectivity index (χ1n) is 10.9. The number of rotatable bonds is 4. The highest BCUT2D eigenvalue weighted by atomic mass is 16.1. The molecule has 0 radical (unpaired) electrons. The molecular formula is C24H33N5O. The highest BCUT2D eigenvalue weighted by Gasteiger charge is 2.38. The van der Waals surface area contributed by atoms with Gasteiger partial charge in [-0.05, 0) is 78.5 Å². The fourth-order valence-corrected chi connectivity index (χ4v) is 5.30. The Morgan fingerprint density at radius 2 is 1.83 bits per heavy atom. The quantitative estimate of drug-likeness (QED) is 0.689. The molecule has 0 bridgehead atoms. The Hall–Kier alpha value is -2.47. The summed E-state index contributed by atoms with van der Waals surface area (Å²) in [6, 6.07) is 8.26. The summed E-state index contributed by atoms with van der Waals surface area (Å²) in [6.45, 7) is 12.9. The van der Waals surface area contributed by atoms with Gasteiger partial charge >= 0.3 is 0 Å². The van der Waals surface area contributed by atoms with E-state index in [9.17, 15) is 4.79 Å². The fourth-order valence-electron chi connectivity index (χ4n) is 5.30. The third kappa shape index (κ3) is 4.06. The van der Waals surface area contributed by atoms with Crippen LogP contribution in [0.4, 0.5) is 0 Å². The van der Waals surface area contributed by atoms with Crippen molar-refractivity contribution in [2.45, 2.75) is 84.3 Å². The lowest BCUT2D eigenvalue weighted by Crippen LogP contribution is -2.62. The first-order valence-corrected chi connectivity index (χ1v) is 10.9. The molecule has 1 fully saturated rings. The maximum atomic E-state index is 12.8. The molecule has 6 heteroatoms. The smallest absolute Gasteiger partial charge is 0.220 e. The van der Waals surface area contributed by atoms with Crippen LogP contribution in [0.3, 0.4) is 0 Å². The minimum absolute atomic E-state index is 0.0178. The van der Waals surface area contributed by atoms with E-state index >= 15 is 0 Å². The van der Waals surface area contributed by atoms with Gasteiger partial charge in [-0.2, -0.15) is 5.10 Å². The number of aryl methyl sites for hydroxylation is 2. The number of nitrogens with one attached hydrogen (secondary N) is 2. The van der Waals surface area contributed by atoms with E-state index in [1.54, 1.807) is 0 Å². The third-order valence-electron chi connectivity index (χ3n) is 6.18. The molecule has 0 atom stereocenters. The van der Waals surface area contributed by atoms with Gasteiger partial charge in [-0.25, -0.2) is 9.50 Å². The van der Waals surface area contributed by atoms with Gasteiger partial charge in [0, 0.05) is 40.3 Å². The molecule has 0 spiro atoms. The van der Waals surface area contributed by atoms with Crippen molar-refractivity contribution < 1.29 is 4.79 Å². The molecule has 1 aliphatic heterocycles. The summed E-state index contributed by atoms with van der Waals surface area (Å²) >= 11 is 0. The lowest BCUT2D eigenvalue weighted by Gasteiger charge is -2.46. The van der Waals surface area contributed by atoms with E-state index < -0.39 is 0 Å².